The van der Waals surface area contributed by atoms with Crippen molar-refractivity contribution in [1.29, 1.82) is 0 Å². The molecule has 2 aromatic carbocycles. The Morgan fingerprint density at radius 2 is 1.79 bits per heavy atom. The van der Waals surface area contributed by atoms with Gasteiger partial charge in [-0.25, -0.2) is 0 Å². The van der Waals surface area contributed by atoms with Gasteiger partial charge in [0.25, 0.3) is 11.8 Å². The number of methoxy groups -OCH3 is 1. The van der Waals surface area contributed by atoms with Gasteiger partial charge < -0.3 is 25.3 Å². The Morgan fingerprint density at radius 3 is 2.39 bits per heavy atom. The summed E-state index contributed by atoms with van der Waals surface area (Å²) in [6.07, 6.45) is 1.11. The molecule has 0 saturated carbocycles. The lowest BCUT2D eigenvalue weighted by molar-refractivity contribution is -0.305. The van der Waals surface area contributed by atoms with Crippen molar-refractivity contribution in [2.45, 2.75) is 6.42 Å². The van der Waals surface area contributed by atoms with Crippen LogP contribution in [0.3, 0.4) is 0 Å². The summed E-state index contributed by atoms with van der Waals surface area (Å²) in [7, 11) is 1.53. The molecule has 0 spiro atoms. The van der Waals surface area contributed by atoms with E-state index in [1.807, 2.05) is 0 Å². The van der Waals surface area contributed by atoms with Gasteiger partial charge in [-0.2, -0.15) is 0 Å². The minimum Gasteiger partial charge on any atom is -0.550 e. The number of amides is 2. The third-order valence-electron chi connectivity index (χ3n) is 3.65. The van der Waals surface area contributed by atoms with Gasteiger partial charge in [0.1, 0.15) is 11.4 Å². The van der Waals surface area contributed by atoms with Crippen molar-refractivity contribution in [3.05, 3.63) is 70.4 Å². The molecule has 2 rings (SSSR count). The molecule has 0 aliphatic heterocycles. The number of halogens is 1. The first-order chi connectivity index (χ1) is 13.4. The molecule has 146 valence electrons. The van der Waals surface area contributed by atoms with Gasteiger partial charge in [-0.15, -0.1) is 0 Å². The normalized spacial score (nSPS) is 10.9. The summed E-state index contributed by atoms with van der Waals surface area (Å²) in [5, 5.41) is 15.7. The Morgan fingerprint density at radius 1 is 1.11 bits per heavy atom. The van der Waals surface area contributed by atoms with Crippen molar-refractivity contribution in [2.75, 3.05) is 13.7 Å². The average molecular weight is 402 g/mol. The zero-order valence-electron chi connectivity index (χ0n) is 15.0. The van der Waals surface area contributed by atoms with E-state index in [2.05, 4.69) is 10.6 Å². The molecule has 0 radical (unpaired) electrons. The summed E-state index contributed by atoms with van der Waals surface area (Å²) in [6, 6.07) is 13.2. The second kappa shape index (κ2) is 10.1. The number of hydrogen-bond donors (Lipinski definition) is 2. The lowest BCUT2D eigenvalue weighted by Gasteiger charge is -2.12. The SMILES string of the molecule is COc1ccc(/C=C(\NC(=O)c2ccccc2Cl)C(=O)NCCC(=O)[O-])cc1. The van der Waals surface area contributed by atoms with Crippen LogP contribution in [-0.4, -0.2) is 31.4 Å². The Hall–Kier alpha value is -3.32. The van der Waals surface area contributed by atoms with E-state index in [4.69, 9.17) is 16.3 Å². The fraction of sp³-hybridized carbons (Fsp3) is 0.150. The van der Waals surface area contributed by atoms with Gasteiger partial charge in [-0.3, -0.25) is 9.59 Å². The molecule has 0 atom stereocenters. The molecule has 0 fully saturated rings. The molecule has 2 aromatic rings. The molecule has 0 aliphatic rings. The van der Waals surface area contributed by atoms with E-state index >= 15 is 0 Å². The van der Waals surface area contributed by atoms with Gasteiger partial charge in [0.2, 0.25) is 0 Å². The number of nitrogens with one attached hydrogen (secondary N) is 2. The molecule has 0 bridgehead atoms. The quantitative estimate of drug-likeness (QED) is 0.650. The Balaban J connectivity index is 2.25. The van der Waals surface area contributed by atoms with E-state index in [1.54, 1.807) is 42.5 Å². The molecule has 28 heavy (non-hydrogen) atoms. The minimum absolute atomic E-state index is 0.0616. The van der Waals surface area contributed by atoms with Gasteiger partial charge in [0.05, 0.1) is 17.7 Å². The predicted molar refractivity (Wildman–Crippen MR) is 103 cm³/mol. The second-order valence-corrected chi connectivity index (χ2v) is 6.05. The fourth-order valence-corrected chi connectivity index (χ4v) is 2.46. The van der Waals surface area contributed by atoms with Crippen LogP contribution in [0.15, 0.2) is 54.2 Å². The van der Waals surface area contributed by atoms with Crippen molar-refractivity contribution >= 4 is 35.5 Å². The fourth-order valence-electron chi connectivity index (χ4n) is 2.23. The number of ether oxygens (including phenoxy) is 1. The standard InChI is InChI=1S/C20H19ClN2O5/c1-28-14-8-6-13(7-9-14)12-17(20(27)22-11-10-18(24)25)23-19(26)15-4-2-3-5-16(15)21/h2-9,12H,10-11H2,1H3,(H,22,27)(H,23,26)(H,24,25)/p-1/b17-12-. The highest BCUT2D eigenvalue weighted by atomic mass is 35.5. The maximum atomic E-state index is 12.5. The third kappa shape index (κ3) is 6.14. The molecular formula is C20H18ClN2O5-. The number of aliphatic carboxylic acids is 1. The van der Waals surface area contributed by atoms with Crippen LogP contribution in [0.2, 0.25) is 5.02 Å². The Bertz CT molecular complexity index is 894. The zero-order valence-corrected chi connectivity index (χ0v) is 15.8. The third-order valence-corrected chi connectivity index (χ3v) is 3.98. The predicted octanol–water partition coefficient (Wildman–Crippen LogP) is 1.38. The molecule has 7 nitrogen and oxygen atoms in total. The van der Waals surface area contributed by atoms with E-state index in [0.717, 1.165) is 0 Å². The highest BCUT2D eigenvalue weighted by Crippen LogP contribution is 2.16. The van der Waals surface area contributed by atoms with Crippen LogP contribution in [0.1, 0.15) is 22.3 Å². The van der Waals surface area contributed by atoms with Crippen LogP contribution in [0, 0.1) is 0 Å². The summed E-state index contributed by atoms with van der Waals surface area (Å²) in [5.74, 6) is -1.86. The monoisotopic (exact) mass is 401 g/mol. The number of carbonyl (C=O) groups is 3. The molecular weight excluding hydrogens is 384 g/mol. The van der Waals surface area contributed by atoms with Crippen molar-refractivity contribution in [1.82, 2.24) is 10.6 Å². The van der Waals surface area contributed by atoms with Crippen molar-refractivity contribution in [3.8, 4) is 5.75 Å². The average Bonchev–Trinajstić information content (AvgIpc) is 2.68. The van der Waals surface area contributed by atoms with Crippen LogP contribution in [0.5, 0.6) is 5.75 Å². The van der Waals surface area contributed by atoms with Crippen LogP contribution in [0.4, 0.5) is 0 Å². The smallest absolute Gasteiger partial charge is 0.267 e. The van der Waals surface area contributed by atoms with Crippen LogP contribution >= 0.6 is 11.6 Å². The first kappa shape index (κ1) is 21.0. The number of carboxylic acids is 1. The lowest BCUT2D eigenvalue weighted by atomic mass is 10.1. The summed E-state index contributed by atoms with van der Waals surface area (Å²) >= 11 is 6.03. The number of carboxylic acid groups (broad SMARTS) is 1. The van der Waals surface area contributed by atoms with Crippen LogP contribution in [-0.2, 0) is 9.59 Å². The highest BCUT2D eigenvalue weighted by Gasteiger charge is 2.16. The van der Waals surface area contributed by atoms with E-state index in [0.29, 0.717) is 11.3 Å². The van der Waals surface area contributed by atoms with Gasteiger partial charge >= 0.3 is 0 Å². The van der Waals surface area contributed by atoms with Crippen molar-refractivity contribution in [3.63, 3.8) is 0 Å². The van der Waals surface area contributed by atoms with Crippen molar-refractivity contribution in [2.24, 2.45) is 0 Å². The summed E-state index contributed by atoms with van der Waals surface area (Å²) in [6.45, 7) is -0.136. The van der Waals surface area contributed by atoms with Crippen LogP contribution in [0.25, 0.3) is 6.08 Å². The first-order valence-electron chi connectivity index (χ1n) is 8.30. The molecule has 0 unspecified atom stereocenters. The largest absolute Gasteiger partial charge is 0.550 e. The zero-order chi connectivity index (χ0) is 20.5. The number of carbonyl (C=O) groups excluding carboxylic acids is 3. The molecule has 0 heterocycles. The van der Waals surface area contributed by atoms with E-state index in [9.17, 15) is 19.5 Å². The van der Waals surface area contributed by atoms with E-state index < -0.39 is 17.8 Å². The highest BCUT2D eigenvalue weighted by molar-refractivity contribution is 6.34. The minimum atomic E-state index is -1.29. The van der Waals surface area contributed by atoms with Gasteiger partial charge in [0.15, 0.2) is 0 Å². The lowest BCUT2D eigenvalue weighted by Crippen LogP contribution is -2.37. The van der Waals surface area contributed by atoms with E-state index in [1.165, 1.54) is 19.3 Å². The summed E-state index contributed by atoms with van der Waals surface area (Å²) in [4.78, 5) is 35.5. The van der Waals surface area contributed by atoms with Gasteiger partial charge in [-0.1, -0.05) is 35.9 Å². The maximum absolute atomic E-state index is 12.5. The first-order valence-corrected chi connectivity index (χ1v) is 8.68. The second-order valence-electron chi connectivity index (χ2n) is 5.64. The summed E-state index contributed by atoms with van der Waals surface area (Å²) in [5.41, 5.74) is 0.770. The van der Waals surface area contributed by atoms with E-state index in [-0.39, 0.29) is 29.2 Å². The molecule has 0 saturated heterocycles. The topological polar surface area (TPSA) is 108 Å². The number of rotatable bonds is 8. The van der Waals surface area contributed by atoms with Crippen molar-refractivity contribution < 1.29 is 24.2 Å². The number of hydrogen-bond acceptors (Lipinski definition) is 5. The molecule has 8 heteroatoms. The van der Waals surface area contributed by atoms with Gasteiger partial charge in [-0.05, 0) is 35.9 Å². The molecule has 0 aromatic heterocycles. The maximum Gasteiger partial charge on any atom is 0.267 e. The molecule has 2 amide bonds. The molecule has 0 aliphatic carbocycles. The summed E-state index contributed by atoms with van der Waals surface area (Å²) < 4.78 is 5.09. The Kier molecular flexibility index (Phi) is 7.59. The molecule has 2 N–H and O–H groups in total. The van der Waals surface area contributed by atoms with Crippen LogP contribution < -0.4 is 20.5 Å². The Labute approximate surface area is 167 Å². The number of benzene rings is 2. The van der Waals surface area contributed by atoms with Gasteiger partial charge in [0, 0.05) is 18.9 Å².